The minimum absolute atomic E-state index is 0.0134. The number of ether oxygens (including phenoxy) is 1. The molecule has 2 atom stereocenters. The van der Waals surface area contributed by atoms with Crippen molar-refractivity contribution in [3.05, 3.63) is 106 Å². The van der Waals surface area contributed by atoms with Crippen molar-refractivity contribution in [2.75, 3.05) is 19.7 Å². The summed E-state index contributed by atoms with van der Waals surface area (Å²) < 4.78 is 5.89. The third-order valence-corrected chi connectivity index (χ3v) is 7.48. The number of hydrogen-bond acceptors (Lipinski definition) is 6. The molecule has 1 amide bonds. The predicted molar refractivity (Wildman–Crippen MR) is 168 cm³/mol. The monoisotopic (exact) mass is 587 g/mol. The van der Waals surface area contributed by atoms with Crippen molar-refractivity contribution in [1.82, 2.24) is 15.6 Å². The highest BCUT2D eigenvalue weighted by Gasteiger charge is 2.16. The molecule has 0 aliphatic rings. The Morgan fingerprint density at radius 2 is 1.49 bits per heavy atom. The molecule has 228 valence electrons. The maximum atomic E-state index is 11.6. The van der Waals surface area contributed by atoms with Crippen LogP contribution in [0.4, 0.5) is 4.79 Å². The lowest BCUT2D eigenvalue weighted by Crippen LogP contribution is -2.27. The third-order valence-electron chi connectivity index (χ3n) is 7.48. The number of fused-ring (bicyclic) bond motifs is 1. The van der Waals surface area contributed by atoms with Crippen LogP contribution in [0.3, 0.4) is 0 Å². The summed E-state index contributed by atoms with van der Waals surface area (Å²) >= 11 is 0. The van der Waals surface area contributed by atoms with Gasteiger partial charge in [0.2, 0.25) is 5.56 Å². The molecule has 0 bridgehead atoms. The molecule has 0 spiro atoms. The summed E-state index contributed by atoms with van der Waals surface area (Å²) in [5.41, 5.74) is 2.46. The number of phenolic OH excluding ortho intramolecular Hbond substituents is 1. The summed E-state index contributed by atoms with van der Waals surface area (Å²) in [5.74, 6) is 0.762. The molecule has 9 heteroatoms. The van der Waals surface area contributed by atoms with Crippen LogP contribution in [0.25, 0.3) is 10.9 Å². The number of amides is 1. The Morgan fingerprint density at radius 1 is 0.814 bits per heavy atom. The molecule has 6 N–H and O–H groups in total. The lowest BCUT2D eigenvalue weighted by molar-refractivity contribution is 0.176. The average Bonchev–Trinajstić information content (AvgIpc) is 3.01. The van der Waals surface area contributed by atoms with Crippen LogP contribution < -0.4 is 20.9 Å². The predicted octanol–water partition coefficient (Wildman–Crippen LogP) is 6.02. The summed E-state index contributed by atoms with van der Waals surface area (Å²) in [6.07, 6.45) is 5.92. The molecule has 0 aliphatic heterocycles. The molecule has 43 heavy (non-hydrogen) atoms. The van der Waals surface area contributed by atoms with Gasteiger partial charge in [-0.3, -0.25) is 4.79 Å². The number of aromatic amines is 1. The van der Waals surface area contributed by atoms with Crippen LogP contribution in [0.15, 0.2) is 83.7 Å². The molecule has 0 saturated heterocycles. The van der Waals surface area contributed by atoms with E-state index < -0.39 is 18.2 Å². The Morgan fingerprint density at radius 3 is 2.21 bits per heavy atom. The Labute approximate surface area is 251 Å². The Bertz CT molecular complexity index is 1490. The number of aliphatic hydroxyl groups is 1. The number of carbonyl (C=O) groups is 1. The van der Waals surface area contributed by atoms with E-state index in [-0.39, 0.29) is 11.3 Å². The summed E-state index contributed by atoms with van der Waals surface area (Å²) in [4.78, 5) is 25.5. The van der Waals surface area contributed by atoms with Gasteiger partial charge in [-0.05, 0) is 60.3 Å². The minimum atomic E-state index is -1.07. The van der Waals surface area contributed by atoms with Crippen LogP contribution in [0.1, 0.15) is 73.8 Å². The number of carboxylic acid groups (broad SMARTS) is 1. The van der Waals surface area contributed by atoms with Gasteiger partial charge in [-0.2, -0.15) is 0 Å². The Balaban J connectivity index is 1.05. The van der Waals surface area contributed by atoms with Crippen molar-refractivity contribution in [3.63, 3.8) is 0 Å². The Kier molecular flexibility index (Phi) is 12.0. The molecule has 0 aliphatic carbocycles. The van der Waals surface area contributed by atoms with Crippen molar-refractivity contribution in [3.8, 4) is 11.5 Å². The molecule has 9 nitrogen and oxygen atoms in total. The molecule has 4 aromatic rings. The zero-order valence-corrected chi connectivity index (χ0v) is 24.3. The van der Waals surface area contributed by atoms with Crippen molar-refractivity contribution in [2.24, 2.45) is 0 Å². The fourth-order valence-electron chi connectivity index (χ4n) is 5.21. The number of phenols is 1. The molecule has 1 aromatic heterocycles. The summed E-state index contributed by atoms with van der Waals surface area (Å²) in [7, 11) is 0. The first-order valence-electron chi connectivity index (χ1n) is 14.9. The number of unbranched alkanes of at least 4 members (excludes halogenated alkanes) is 6. The molecule has 4 rings (SSSR count). The first-order chi connectivity index (χ1) is 20.9. The Hall–Kier alpha value is -4.34. The van der Waals surface area contributed by atoms with Gasteiger partial charge < -0.3 is 35.7 Å². The number of rotatable bonds is 17. The normalized spacial score (nSPS) is 12.6. The number of aromatic hydroxyl groups is 1. The zero-order valence-electron chi connectivity index (χ0n) is 24.3. The quantitative estimate of drug-likeness (QED) is 0.0829. The second-order valence-electron chi connectivity index (χ2n) is 10.7. The largest absolute Gasteiger partial charge is 0.506 e. The summed E-state index contributed by atoms with van der Waals surface area (Å²) in [5, 5.41) is 36.4. The van der Waals surface area contributed by atoms with Crippen LogP contribution in [-0.2, 0) is 0 Å². The fourth-order valence-corrected chi connectivity index (χ4v) is 5.21. The molecule has 3 aromatic carbocycles. The second kappa shape index (κ2) is 16.3. The van der Waals surface area contributed by atoms with Gasteiger partial charge in [-0.1, -0.05) is 80.6 Å². The van der Waals surface area contributed by atoms with Gasteiger partial charge in [0.1, 0.15) is 11.5 Å². The number of nitrogens with one attached hydrogen (secondary N) is 3. The van der Waals surface area contributed by atoms with Crippen LogP contribution in [0, 0.1) is 0 Å². The van der Waals surface area contributed by atoms with Gasteiger partial charge in [0.25, 0.3) is 0 Å². The van der Waals surface area contributed by atoms with Crippen LogP contribution in [-0.4, -0.2) is 46.1 Å². The highest BCUT2D eigenvalue weighted by Crippen LogP contribution is 2.28. The highest BCUT2D eigenvalue weighted by molar-refractivity contribution is 5.87. The molecular weight excluding hydrogens is 546 g/mol. The number of aromatic nitrogens is 1. The fraction of sp³-hybridized carbons (Fsp3) is 0.353. The van der Waals surface area contributed by atoms with Gasteiger partial charge in [0.05, 0.1) is 24.3 Å². The van der Waals surface area contributed by atoms with E-state index in [2.05, 4.69) is 15.6 Å². The van der Waals surface area contributed by atoms with E-state index in [1.54, 1.807) is 12.1 Å². The van der Waals surface area contributed by atoms with Crippen LogP contribution >= 0.6 is 0 Å². The minimum Gasteiger partial charge on any atom is -0.506 e. The lowest BCUT2D eigenvalue weighted by Gasteiger charge is -2.18. The van der Waals surface area contributed by atoms with E-state index in [1.807, 2.05) is 54.6 Å². The van der Waals surface area contributed by atoms with E-state index in [9.17, 15) is 24.9 Å². The van der Waals surface area contributed by atoms with Gasteiger partial charge in [0.15, 0.2) is 0 Å². The van der Waals surface area contributed by atoms with Gasteiger partial charge in [0, 0.05) is 18.0 Å². The smallest absolute Gasteiger partial charge is 0.405 e. The number of H-pyrrole nitrogens is 1. The van der Waals surface area contributed by atoms with Crippen molar-refractivity contribution < 1.29 is 24.9 Å². The highest BCUT2D eigenvalue weighted by atomic mass is 16.5. The first kappa shape index (κ1) is 31.6. The second-order valence-corrected chi connectivity index (χ2v) is 10.7. The average molecular weight is 588 g/mol. The molecular formula is C34H41N3O6. The van der Waals surface area contributed by atoms with Crippen LogP contribution in [0.2, 0.25) is 0 Å². The number of aliphatic hydroxyl groups excluding tert-OH is 1. The number of pyridine rings is 1. The number of benzene rings is 3. The van der Waals surface area contributed by atoms with Gasteiger partial charge in [-0.25, -0.2) is 4.79 Å². The number of hydrogen-bond donors (Lipinski definition) is 6. The van der Waals surface area contributed by atoms with E-state index >= 15 is 0 Å². The van der Waals surface area contributed by atoms with Crippen molar-refractivity contribution in [2.45, 2.75) is 57.1 Å². The van der Waals surface area contributed by atoms with E-state index in [0.717, 1.165) is 61.9 Å². The van der Waals surface area contributed by atoms with E-state index in [0.29, 0.717) is 29.6 Å². The molecule has 0 fully saturated rings. The first-order valence-corrected chi connectivity index (χ1v) is 14.9. The van der Waals surface area contributed by atoms with Crippen LogP contribution in [0.5, 0.6) is 11.5 Å². The van der Waals surface area contributed by atoms with E-state index in [1.165, 1.54) is 18.6 Å². The standard InChI is InChI=1S/C34H41N3O6/c38-29-19-17-27(28-18-20-31(40)36-33(28)29)30(39)23-35-21-9-4-2-1-3-5-10-22-43-26-15-13-25(14-16-26)32(37-34(41)42)24-11-7-6-8-12-24/h6-8,11-20,30,32,35,37-39H,1-5,9-10,21-23H2,(H,36,40)(H,41,42)/t30-,32?/m0/s1. The summed E-state index contributed by atoms with van der Waals surface area (Å²) in [6, 6.07) is 22.8. The van der Waals surface area contributed by atoms with Crippen molar-refractivity contribution >= 4 is 17.0 Å². The van der Waals surface area contributed by atoms with E-state index in [4.69, 9.17) is 4.74 Å². The summed E-state index contributed by atoms with van der Waals surface area (Å²) in [6.45, 7) is 1.86. The van der Waals surface area contributed by atoms with Crippen molar-refractivity contribution in [1.29, 1.82) is 0 Å². The maximum Gasteiger partial charge on any atom is 0.405 e. The third kappa shape index (κ3) is 9.59. The molecule has 0 saturated carbocycles. The lowest BCUT2D eigenvalue weighted by atomic mass is 9.99. The maximum absolute atomic E-state index is 11.6. The topological polar surface area (TPSA) is 144 Å². The SMILES string of the molecule is O=C(O)NC(c1ccccc1)c1ccc(OCCCCCCCCCNC[C@H](O)c2ccc(O)c3[nH]c(=O)ccc23)cc1. The molecule has 1 heterocycles. The molecule has 1 unspecified atom stereocenters. The van der Waals surface area contributed by atoms with Gasteiger partial charge in [-0.15, -0.1) is 0 Å². The zero-order chi connectivity index (χ0) is 30.4. The molecule has 0 radical (unpaired) electrons. The van der Waals surface area contributed by atoms with Gasteiger partial charge >= 0.3 is 6.09 Å².